The Labute approximate surface area is 142 Å². The van der Waals surface area contributed by atoms with Gasteiger partial charge in [-0.05, 0) is 37.2 Å². The number of hydrogen-bond donors (Lipinski definition) is 1. The molecular weight excluding hydrogens is 317 g/mol. The van der Waals surface area contributed by atoms with Crippen LogP contribution in [0.25, 0.3) is 0 Å². The molecule has 0 saturated carbocycles. The fourth-order valence-corrected chi connectivity index (χ4v) is 2.51. The minimum Gasteiger partial charge on any atom is -0.489 e. The lowest BCUT2D eigenvalue weighted by atomic mass is 10.2. The van der Waals surface area contributed by atoms with Crippen LogP contribution >= 0.6 is 23.2 Å². The lowest BCUT2D eigenvalue weighted by Gasteiger charge is -2.13. The van der Waals surface area contributed by atoms with E-state index in [1.54, 1.807) is 0 Å². The number of halogens is 2. The van der Waals surface area contributed by atoms with Crippen LogP contribution in [0.2, 0.25) is 10.0 Å². The maximum Gasteiger partial charge on any atom is 0.124 e. The van der Waals surface area contributed by atoms with E-state index >= 15 is 0 Å². The Morgan fingerprint density at radius 3 is 2.64 bits per heavy atom. The van der Waals surface area contributed by atoms with Crippen LogP contribution in [0.15, 0.2) is 42.5 Å². The summed E-state index contributed by atoms with van der Waals surface area (Å²) in [4.78, 5) is 0. The molecule has 0 fully saturated rings. The van der Waals surface area contributed by atoms with Gasteiger partial charge in [-0.1, -0.05) is 54.7 Å². The molecule has 0 amide bonds. The van der Waals surface area contributed by atoms with E-state index < -0.39 is 0 Å². The summed E-state index contributed by atoms with van der Waals surface area (Å²) >= 11 is 12.3. The molecule has 2 nitrogen and oxygen atoms in total. The smallest absolute Gasteiger partial charge is 0.124 e. The highest BCUT2D eigenvalue weighted by Crippen LogP contribution is 2.25. The van der Waals surface area contributed by atoms with Crippen molar-refractivity contribution in [2.75, 3.05) is 6.54 Å². The second-order valence-corrected chi connectivity index (χ2v) is 6.01. The first kappa shape index (κ1) is 17.1. The largest absolute Gasteiger partial charge is 0.489 e. The minimum atomic E-state index is 0.448. The van der Waals surface area contributed by atoms with Crippen LogP contribution in [-0.4, -0.2) is 6.54 Å². The number of hydrogen-bond acceptors (Lipinski definition) is 2. The first-order chi connectivity index (χ1) is 10.7. The molecule has 2 aromatic rings. The van der Waals surface area contributed by atoms with Gasteiger partial charge in [0.1, 0.15) is 12.4 Å². The van der Waals surface area contributed by atoms with E-state index in [2.05, 4.69) is 12.2 Å². The van der Waals surface area contributed by atoms with Crippen molar-refractivity contribution < 1.29 is 4.74 Å². The Balaban J connectivity index is 2.01. The Bertz CT molecular complexity index is 601. The number of nitrogens with one attached hydrogen (secondary N) is 1. The molecule has 0 spiro atoms. The molecule has 22 heavy (non-hydrogen) atoms. The van der Waals surface area contributed by atoms with Gasteiger partial charge in [0.05, 0.1) is 0 Å². The van der Waals surface area contributed by atoms with Crippen LogP contribution < -0.4 is 10.1 Å². The average molecular weight is 338 g/mol. The zero-order valence-corrected chi connectivity index (χ0v) is 14.3. The van der Waals surface area contributed by atoms with Gasteiger partial charge in [0.2, 0.25) is 0 Å². The van der Waals surface area contributed by atoms with Gasteiger partial charge in [-0.25, -0.2) is 0 Å². The highest BCUT2D eigenvalue weighted by molar-refractivity contribution is 6.31. The molecule has 1 N–H and O–H groups in total. The molecule has 0 saturated heterocycles. The normalized spacial score (nSPS) is 10.7. The molecule has 118 valence electrons. The number of benzene rings is 2. The van der Waals surface area contributed by atoms with E-state index in [-0.39, 0.29) is 0 Å². The maximum atomic E-state index is 6.16. The van der Waals surface area contributed by atoms with Crippen molar-refractivity contribution in [2.24, 2.45) is 0 Å². The molecular formula is C18H21Cl2NO. The fourth-order valence-electron chi connectivity index (χ4n) is 2.12. The monoisotopic (exact) mass is 337 g/mol. The van der Waals surface area contributed by atoms with Crippen molar-refractivity contribution in [2.45, 2.75) is 32.9 Å². The lowest BCUT2D eigenvalue weighted by molar-refractivity contribution is 0.302. The standard InChI is InChI=1S/C18H21Cl2NO/c1-2-3-10-21-12-15-11-16(19)8-9-18(15)22-13-14-6-4-5-7-17(14)20/h4-9,11,21H,2-3,10,12-13H2,1H3. The second kappa shape index (κ2) is 9.04. The highest BCUT2D eigenvalue weighted by atomic mass is 35.5. The maximum absolute atomic E-state index is 6.16. The van der Waals surface area contributed by atoms with Crippen molar-refractivity contribution >= 4 is 23.2 Å². The molecule has 0 aromatic heterocycles. The molecule has 2 rings (SSSR count). The SMILES string of the molecule is CCCCNCc1cc(Cl)ccc1OCc1ccccc1Cl. The van der Waals surface area contributed by atoms with E-state index in [1.165, 1.54) is 6.42 Å². The third kappa shape index (κ3) is 5.20. The van der Waals surface area contributed by atoms with Crippen molar-refractivity contribution in [3.05, 3.63) is 63.6 Å². The summed E-state index contributed by atoms with van der Waals surface area (Å²) in [6.45, 7) is 4.37. The number of unbranched alkanes of at least 4 members (excludes halogenated alkanes) is 1. The van der Waals surface area contributed by atoms with Gasteiger partial charge < -0.3 is 10.1 Å². The molecule has 0 aliphatic carbocycles. The average Bonchev–Trinajstić information content (AvgIpc) is 2.52. The minimum absolute atomic E-state index is 0.448. The molecule has 0 unspecified atom stereocenters. The molecule has 0 bridgehead atoms. The van der Waals surface area contributed by atoms with Gasteiger partial charge >= 0.3 is 0 Å². The lowest BCUT2D eigenvalue weighted by Crippen LogP contribution is -2.15. The predicted octanol–water partition coefficient (Wildman–Crippen LogP) is 5.46. The van der Waals surface area contributed by atoms with Gasteiger partial charge in [-0.3, -0.25) is 0 Å². The van der Waals surface area contributed by atoms with Crippen LogP contribution in [0.5, 0.6) is 5.75 Å². The summed E-state index contributed by atoms with van der Waals surface area (Å²) in [6.07, 6.45) is 2.34. The van der Waals surface area contributed by atoms with Crippen LogP contribution in [0, 0.1) is 0 Å². The summed E-state index contributed by atoms with van der Waals surface area (Å²) in [7, 11) is 0. The van der Waals surface area contributed by atoms with E-state index in [9.17, 15) is 0 Å². The van der Waals surface area contributed by atoms with Crippen LogP contribution in [0.1, 0.15) is 30.9 Å². The van der Waals surface area contributed by atoms with Gasteiger partial charge in [0.25, 0.3) is 0 Å². The second-order valence-electron chi connectivity index (χ2n) is 5.16. The number of rotatable bonds is 8. The zero-order chi connectivity index (χ0) is 15.8. The summed E-state index contributed by atoms with van der Waals surface area (Å²) in [5, 5.41) is 4.86. The summed E-state index contributed by atoms with van der Waals surface area (Å²) < 4.78 is 5.93. The highest BCUT2D eigenvalue weighted by Gasteiger charge is 2.06. The summed E-state index contributed by atoms with van der Waals surface area (Å²) in [5.74, 6) is 0.841. The van der Waals surface area contributed by atoms with Crippen molar-refractivity contribution in [3.8, 4) is 5.75 Å². The van der Waals surface area contributed by atoms with E-state index in [4.69, 9.17) is 27.9 Å². The third-order valence-corrected chi connectivity index (χ3v) is 3.99. The summed E-state index contributed by atoms with van der Waals surface area (Å²) in [5.41, 5.74) is 2.04. The molecule has 2 aromatic carbocycles. The number of ether oxygens (including phenoxy) is 1. The Hall–Kier alpha value is -1.22. The van der Waals surface area contributed by atoms with Crippen molar-refractivity contribution in [3.63, 3.8) is 0 Å². The van der Waals surface area contributed by atoms with E-state index in [0.717, 1.165) is 46.4 Å². The van der Waals surface area contributed by atoms with E-state index in [0.29, 0.717) is 6.61 Å². The van der Waals surface area contributed by atoms with Gasteiger partial charge in [0.15, 0.2) is 0 Å². The molecule has 4 heteroatoms. The summed E-state index contributed by atoms with van der Waals surface area (Å²) in [6, 6.07) is 13.4. The molecule has 0 aliphatic heterocycles. The van der Waals surface area contributed by atoms with Crippen LogP contribution in [0.3, 0.4) is 0 Å². The van der Waals surface area contributed by atoms with Gasteiger partial charge in [0, 0.05) is 27.7 Å². The van der Waals surface area contributed by atoms with Gasteiger partial charge in [-0.15, -0.1) is 0 Å². The quantitative estimate of drug-likeness (QED) is 0.645. The predicted molar refractivity (Wildman–Crippen MR) is 93.9 cm³/mol. The first-order valence-electron chi connectivity index (χ1n) is 7.56. The van der Waals surface area contributed by atoms with Crippen LogP contribution in [0.4, 0.5) is 0 Å². The molecule has 0 aliphatic rings. The van der Waals surface area contributed by atoms with Crippen LogP contribution in [-0.2, 0) is 13.2 Å². The topological polar surface area (TPSA) is 21.3 Å². The fraction of sp³-hybridized carbons (Fsp3) is 0.333. The first-order valence-corrected chi connectivity index (χ1v) is 8.31. The Morgan fingerprint density at radius 2 is 1.86 bits per heavy atom. The zero-order valence-electron chi connectivity index (χ0n) is 12.7. The third-order valence-electron chi connectivity index (χ3n) is 3.39. The van der Waals surface area contributed by atoms with Gasteiger partial charge in [-0.2, -0.15) is 0 Å². The Morgan fingerprint density at radius 1 is 1.05 bits per heavy atom. The molecule has 0 atom stereocenters. The Kier molecular flexibility index (Phi) is 7.04. The van der Waals surface area contributed by atoms with Crippen molar-refractivity contribution in [1.82, 2.24) is 5.32 Å². The molecule has 0 heterocycles. The molecule has 0 radical (unpaired) electrons. The van der Waals surface area contributed by atoms with Crippen molar-refractivity contribution in [1.29, 1.82) is 0 Å². The van der Waals surface area contributed by atoms with E-state index in [1.807, 2.05) is 42.5 Å².